The molecule has 1 rings (SSSR count). The van der Waals surface area contributed by atoms with Crippen molar-refractivity contribution in [3.63, 3.8) is 0 Å². The molecule has 0 bridgehead atoms. The summed E-state index contributed by atoms with van der Waals surface area (Å²) in [5.74, 6) is 0.670. The highest BCUT2D eigenvalue weighted by atomic mass is 16.5. The summed E-state index contributed by atoms with van der Waals surface area (Å²) >= 11 is 0. The predicted octanol–water partition coefficient (Wildman–Crippen LogP) is 1.84. The largest absolute Gasteiger partial charge is 0.379 e. The Balaban J connectivity index is 2.56. The Morgan fingerprint density at radius 2 is 2.11 bits per heavy atom. The van der Waals surface area contributed by atoms with E-state index in [1.807, 2.05) is 6.08 Å². The minimum atomic E-state index is 0.306. The van der Waals surface area contributed by atoms with Gasteiger partial charge in [-0.2, -0.15) is 0 Å². The molecule has 1 heterocycles. The van der Waals surface area contributed by atoms with Crippen molar-refractivity contribution in [2.75, 3.05) is 13.2 Å². The summed E-state index contributed by atoms with van der Waals surface area (Å²) in [5.41, 5.74) is 0.306. The summed E-state index contributed by atoms with van der Waals surface area (Å²) in [7, 11) is 0. The zero-order valence-electron chi connectivity index (χ0n) is 6.18. The Morgan fingerprint density at radius 1 is 1.56 bits per heavy atom. The lowest BCUT2D eigenvalue weighted by molar-refractivity contribution is -0.106. The van der Waals surface area contributed by atoms with Gasteiger partial charge in [0.05, 0.1) is 13.2 Å². The average Bonchev–Trinajstić information content (AvgIpc) is 1.62. The number of hydrogen-bond donors (Lipinski definition) is 0. The highest BCUT2D eigenvalue weighted by molar-refractivity contribution is 5.01. The molecule has 0 amide bonds. The van der Waals surface area contributed by atoms with E-state index in [1.165, 1.54) is 0 Å². The summed E-state index contributed by atoms with van der Waals surface area (Å²) in [6, 6.07) is 0. The van der Waals surface area contributed by atoms with E-state index < -0.39 is 0 Å². The minimum absolute atomic E-state index is 0.306. The van der Waals surface area contributed by atoms with E-state index in [-0.39, 0.29) is 0 Å². The van der Waals surface area contributed by atoms with Gasteiger partial charge >= 0.3 is 0 Å². The van der Waals surface area contributed by atoms with Crippen LogP contribution in [0.4, 0.5) is 0 Å². The standard InChI is InChI=1S/C8H14O/c1-4-8(7(2)3)5-9-6-8/h4,7H,1,5-6H2,2-3H3. The number of rotatable bonds is 2. The summed E-state index contributed by atoms with van der Waals surface area (Å²) in [5, 5.41) is 0. The molecule has 1 aliphatic heterocycles. The van der Waals surface area contributed by atoms with Gasteiger partial charge in [0, 0.05) is 5.41 Å². The molecule has 1 heteroatoms. The first-order valence-corrected chi connectivity index (χ1v) is 3.42. The van der Waals surface area contributed by atoms with Crippen LogP contribution < -0.4 is 0 Å². The van der Waals surface area contributed by atoms with Crippen molar-refractivity contribution in [1.82, 2.24) is 0 Å². The first-order valence-electron chi connectivity index (χ1n) is 3.42. The normalized spacial score (nSPS) is 23.4. The molecule has 0 aromatic heterocycles. The third-order valence-electron chi connectivity index (χ3n) is 2.30. The molecular formula is C8H14O. The Bertz CT molecular complexity index is 112. The van der Waals surface area contributed by atoms with Gasteiger partial charge in [0.2, 0.25) is 0 Å². The fourth-order valence-electron chi connectivity index (χ4n) is 1.02. The zero-order chi connectivity index (χ0) is 6.91. The van der Waals surface area contributed by atoms with Gasteiger partial charge in [-0.15, -0.1) is 6.58 Å². The second kappa shape index (κ2) is 2.14. The van der Waals surface area contributed by atoms with E-state index in [1.54, 1.807) is 0 Å². The third kappa shape index (κ3) is 0.897. The zero-order valence-corrected chi connectivity index (χ0v) is 6.18. The number of ether oxygens (including phenoxy) is 1. The van der Waals surface area contributed by atoms with E-state index >= 15 is 0 Å². The maximum absolute atomic E-state index is 5.12. The first-order chi connectivity index (χ1) is 4.21. The molecule has 1 nitrogen and oxygen atoms in total. The van der Waals surface area contributed by atoms with E-state index in [9.17, 15) is 0 Å². The van der Waals surface area contributed by atoms with Crippen molar-refractivity contribution in [1.29, 1.82) is 0 Å². The maximum atomic E-state index is 5.12. The lowest BCUT2D eigenvalue weighted by Crippen LogP contribution is -2.44. The fourth-order valence-corrected chi connectivity index (χ4v) is 1.02. The molecule has 0 unspecified atom stereocenters. The Labute approximate surface area is 56.7 Å². The number of hydrogen-bond acceptors (Lipinski definition) is 1. The Hall–Kier alpha value is -0.300. The van der Waals surface area contributed by atoms with Gasteiger partial charge in [0.15, 0.2) is 0 Å². The first kappa shape index (κ1) is 6.81. The van der Waals surface area contributed by atoms with Crippen LogP contribution in [0, 0.1) is 11.3 Å². The van der Waals surface area contributed by atoms with Crippen molar-refractivity contribution in [2.24, 2.45) is 11.3 Å². The second-order valence-electron chi connectivity index (χ2n) is 3.08. The molecule has 0 spiro atoms. The average molecular weight is 126 g/mol. The topological polar surface area (TPSA) is 9.23 Å². The molecule has 0 radical (unpaired) electrons. The van der Waals surface area contributed by atoms with Crippen molar-refractivity contribution in [2.45, 2.75) is 13.8 Å². The molecule has 0 saturated carbocycles. The fraction of sp³-hybridized carbons (Fsp3) is 0.750. The van der Waals surface area contributed by atoms with Crippen molar-refractivity contribution in [3.05, 3.63) is 12.7 Å². The van der Waals surface area contributed by atoms with Crippen LogP contribution in [-0.4, -0.2) is 13.2 Å². The second-order valence-corrected chi connectivity index (χ2v) is 3.08. The minimum Gasteiger partial charge on any atom is -0.379 e. The lowest BCUT2D eigenvalue weighted by Gasteiger charge is -2.42. The van der Waals surface area contributed by atoms with Gasteiger partial charge in [-0.1, -0.05) is 19.9 Å². The molecule has 0 aromatic rings. The van der Waals surface area contributed by atoms with Gasteiger partial charge in [-0.3, -0.25) is 0 Å². The van der Waals surface area contributed by atoms with Gasteiger partial charge in [0.1, 0.15) is 0 Å². The lowest BCUT2D eigenvalue weighted by atomic mass is 9.76. The van der Waals surface area contributed by atoms with E-state index in [4.69, 9.17) is 4.74 Å². The maximum Gasteiger partial charge on any atom is 0.0582 e. The van der Waals surface area contributed by atoms with Gasteiger partial charge in [0.25, 0.3) is 0 Å². The van der Waals surface area contributed by atoms with Crippen LogP contribution in [0.15, 0.2) is 12.7 Å². The van der Waals surface area contributed by atoms with Crippen LogP contribution in [-0.2, 0) is 4.74 Å². The molecule has 0 aliphatic carbocycles. The van der Waals surface area contributed by atoms with Crippen molar-refractivity contribution < 1.29 is 4.74 Å². The van der Waals surface area contributed by atoms with Crippen LogP contribution in [0.2, 0.25) is 0 Å². The van der Waals surface area contributed by atoms with E-state index in [2.05, 4.69) is 20.4 Å². The van der Waals surface area contributed by atoms with E-state index in [0.29, 0.717) is 11.3 Å². The Morgan fingerprint density at radius 3 is 2.11 bits per heavy atom. The molecule has 1 fully saturated rings. The van der Waals surface area contributed by atoms with Gasteiger partial charge in [-0.05, 0) is 5.92 Å². The quantitative estimate of drug-likeness (QED) is 0.513. The highest BCUT2D eigenvalue weighted by Gasteiger charge is 2.38. The van der Waals surface area contributed by atoms with Crippen molar-refractivity contribution in [3.8, 4) is 0 Å². The SMILES string of the molecule is C=CC1(C(C)C)COC1. The molecule has 1 aliphatic rings. The Kier molecular flexibility index (Phi) is 1.62. The summed E-state index contributed by atoms with van der Waals surface area (Å²) < 4.78 is 5.12. The van der Waals surface area contributed by atoms with E-state index in [0.717, 1.165) is 13.2 Å². The summed E-state index contributed by atoms with van der Waals surface area (Å²) in [6.07, 6.45) is 2.03. The smallest absolute Gasteiger partial charge is 0.0582 e. The summed E-state index contributed by atoms with van der Waals surface area (Å²) in [4.78, 5) is 0. The summed E-state index contributed by atoms with van der Waals surface area (Å²) in [6.45, 7) is 9.96. The molecule has 0 N–H and O–H groups in total. The molecule has 9 heavy (non-hydrogen) atoms. The van der Waals surface area contributed by atoms with Gasteiger partial charge in [-0.25, -0.2) is 0 Å². The molecule has 52 valence electrons. The van der Waals surface area contributed by atoms with Crippen LogP contribution >= 0.6 is 0 Å². The van der Waals surface area contributed by atoms with Crippen LogP contribution in [0.3, 0.4) is 0 Å². The molecule has 1 saturated heterocycles. The van der Waals surface area contributed by atoms with Crippen LogP contribution in [0.25, 0.3) is 0 Å². The monoisotopic (exact) mass is 126 g/mol. The van der Waals surface area contributed by atoms with Crippen LogP contribution in [0.5, 0.6) is 0 Å². The molecular weight excluding hydrogens is 112 g/mol. The molecule has 0 aromatic carbocycles. The highest BCUT2D eigenvalue weighted by Crippen LogP contribution is 2.36. The third-order valence-corrected chi connectivity index (χ3v) is 2.30. The molecule has 0 atom stereocenters. The van der Waals surface area contributed by atoms with Crippen molar-refractivity contribution >= 4 is 0 Å². The predicted molar refractivity (Wildman–Crippen MR) is 38.3 cm³/mol. The van der Waals surface area contributed by atoms with Crippen LogP contribution in [0.1, 0.15) is 13.8 Å². The van der Waals surface area contributed by atoms with Gasteiger partial charge < -0.3 is 4.74 Å².